The normalized spacial score (nSPS) is 15.1. The lowest BCUT2D eigenvalue weighted by Crippen LogP contribution is -2.53. The summed E-state index contributed by atoms with van der Waals surface area (Å²) in [7, 11) is 0. The predicted octanol–water partition coefficient (Wildman–Crippen LogP) is 6.26. The Kier molecular flexibility index (Phi) is 7.32. The Morgan fingerprint density at radius 2 is 1.45 bits per heavy atom. The number of para-hydroxylation sites is 1. The number of H-pyrrole nitrogens is 1. The van der Waals surface area contributed by atoms with Gasteiger partial charge in [0.2, 0.25) is 0 Å². The van der Waals surface area contributed by atoms with Gasteiger partial charge in [0.15, 0.2) is 0 Å². The van der Waals surface area contributed by atoms with Crippen LogP contribution in [0.1, 0.15) is 58.2 Å². The summed E-state index contributed by atoms with van der Waals surface area (Å²) in [5, 5.41) is 0.983. The number of aromatic nitrogens is 1. The van der Waals surface area contributed by atoms with Gasteiger partial charge in [-0.1, -0.05) is 98.8 Å². The first-order valence-corrected chi connectivity index (χ1v) is 14.2. The third-order valence-electron chi connectivity index (χ3n) is 7.75. The number of aromatic amines is 1. The van der Waals surface area contributed by atoms with Crippen molar-refractivity contribution in [3.8, 4) is 11.3 Å². The molecule has 210 valence electrons. The lowest BCUT2D eigenvalue weighted by atomic mass is 9.91. The highest BCUT2D eigenvalue weighted by molar-refractivity contribution is 6.04. The smallest absolute Gasteiger partial charge is 0.269 e. The van der Waals surface area contributed by atoms with Crippen molar-refractivity contribution >= 4 is 28.6 Å². The Morgan fingerprint density at radius 1 is 0.810 bits per heavy atom. The van der Waals surface area contributed by atoms with Crippen LogP contribution in [0.3, 0.4) is 0 Å². The van der Waals surface area contributed by atoms with E-state index in [-0.39, 0.29) is 11.8 Å². The van der Waals surface area contributed by atoms with Crippen molar-refractivity contribution in [1.29, 1.82) is 0 Å². The number of hydrogen-bond acceptors (Lipinski definition) is 3. The lowest BCUT2D eigenvalue weighted by Gasteiger charge is -2.34. The van der Waals surface area contributed by atoms with E-state index in [0.29, 0.717) is 17.5 Å². The molecule has 6 rings (SSSR count). The predicted molar refractivity (Wildman–Crippen MR) is 163 cm³/mol. The average molecular weight is 557 g/mol. The number of hydrogen-bond donors (Lipinski definition) is 3. The monoisotopic (exact) mass is 556 g/mol. The minimum Gasteiger partial charge on any atom is -0.354 e. The molecular formula is C35H32N4O3. The van der Waals surface area contributed by atoms with Gasteiger partial charge in [-0.15, -0.1) is 0 Å². The van der Waals surface area contributed by atoms with E-state index in [1.54, 1.807) is 29.2 Å². The third kappa shape index (κ3) is 4.94. The Morgan fingerprint density at radius 3 is 2.19 bits per heavy atom. The number of amides is 3. The van der Waals surface area contributed by atoms with Crippen LogP contribution >= 0.6 is 0 Å². The van der Waals surface area contributed by atoms with E-state index in [0.717, 1.165) is 33.3 Å². The van der Waals surface area contributed by atoms with Crippen LogP contribution in [0.5, 0.6) is 0 Å². The zero-order valence-electron chi connectivity index (χ0n) is 23.5. The molecule has 0 radical (unpaired) electrons. The molecule has 1 aromatic heterocycles. The van der Waals surface area contributed by atoms with Crippen molar-refractivity contribution in [3.05, 3.63) is 131 Å². The first-order valence-electron chi connectivity index (χ1n) is 14.2. The van der Waals surface area contributed by atoms with Gasteiger partial charge in [-0.05, 0) is 47.7 Å². The summed E-state index contributed by atoms with van der Waals surface area (Å²) < 4.78 is 0. The number of nitrogens with zero attached hydrogens (tertiary/aromatic N) is 1. The summed E-state index contributed by atoms with van der Waals surface area (Å²) in [4.78, 5) is 46.2. The number of hydrazine groups is 1. The van der Waals surface area contributed by atoms with Crippen LogP contribution in [0, 0.1) is 5.92 Å². The minimum atomic E-state index is -0.844. The fourth-order valence-electron chi connectivity index (χ4n) is 5.89. The molecule has 0 saturated carbocycles. The molecule has 3 amide bonds. The van der Waals surface area contributed by atoms with Gasteiger partial charge in [-0.25, -0.2) is 0 Å². The highest BCUT2D eigenvalue weighted by Gasteiger charge is 2.45. The van der Waals surface area contributed by atoms with Gasteiger partial charge in [0, 0.05) is 27.6 Å². The molecule has 5 aromatic rings. The van der Waals surface area contributed by atoms with Crippen molar-refractivity contribution in [2.45, 2.75) is 32.4 Å². The van der Waals surface area contributed by atoms with Crippen LogP contribution in [-0.2, 0) is 4.79 Å². The van der Waals surface area contributed by atoms with E-state index in [1.165, 1.54) is 0 Å². The zero-order valence-corrected chi connectivity index (χ0v) is 23.5. The number of fused-ring (bicyclic) bond motifs is 2. The highest BCUT2D eigenvalue weighted by Crippen LogP contribution is 2.46. The number of benzene rings is 4. The molecule has 2 unspecified atom stereocenters. The minimum absolute atomic E-state index is 0.0966. The van der Waals surface area contributed by atoms with E-state index in [9.17, 15) is 14.4 Å². The quantitative estimate of drug-likeness (QED) is 0.207. The largest absolute Gasteiger partial charge is 0.354 e. The second-order valence-corrected chi connectivity index (χ2v) is 11.0. The van der Waals surface area contributed by atoms with E-state index in [2.05, 4.69) is 21.9 Å². The molecule has 7 nitrogen and oxygen atoms in total. The average Bonchev–Trinajstić information content (AvgIpc) is 3.54. The molecular weight excluding hydrogens is 524 g/mol. The van der Waals surface area contributed by atoms with Crippen molar-refractivity contribution in [3.63, 3.8) is 0 Å². The van der Waals surface area contributed by atoms with E-state index >= 15 is 0 Å². The molecule has 2 heterocycles. The van der Waals surface area contributed by atoms with Crippen LogP contribution in [0.25, 0.3) is 22.2 Å². The van der Waals surface area contributed by atoms with Crippen LogP contribution in [-0.4, -0.2) is 33.6 Å². The number of carbonyl (C=O) groups excluding carboxylic acids is 3. The van der Waals surface area contributed by atoms with E-state index in [4.69, 9.17) is 0 Å². The zero-order chi connectivity index (χ0) is 29.2. The first kappa shape index (κ1) is 27.0. The maximum Gasteiger partial charge on any atom is 0.269 e. The third-order valence-corrected chi connectivity index (χ3v) is 7.75. The van der Waals surface area contributed by atoms with Gasteiger partial charge in [-0.2, -0.15) is 0 Å². The summed E-state index contributed by atoms with van der Waals surface area (Å²) in [5.41, 5.74) is 10.8. The molecule has 7 heteroatoms. The topological polar surface area (TPSA) is 94.3 Å². The lowest BCUT2D eigenvalue weighted by molar-refractivity contribution is -0.127. The molecule has 42 heavy (non-hydrogen) atoms. The fourth-order valence-corrected chi connectivity index (χ4v) is 5.89. The Bertz CT molecular complexity index is 1760. The molecule has 0 bridgehead atoms. The molecule has 0 aliphatic carbocycles. The Hall–Kier alpha value is -5.17. The van der Waals surface area contributed by atoms with E-state index in [1.807, 2.05) is 92.7 Å². The second kappa shape index (κ2) is 11.4. The summed E-state index contributed by atoms with van der Waals surface area (Å²) >= 11 is 0. The number of carbonyl (C=O) groups is 3. The fraction of sp³-hybridized carbons (Fsp3) is 0.171. The molecule has 3 N–H and O–H groups in total. The van der Waals surface area contributed by atoms with Gasteiger partial charge in [-0.3, -0.25) is 25.2 Å². The second-order valence-electron chi connectivity index (χ2n) is 11.0. The van der Waals surface area contributed by atoms with Crippen LogP contribution in [0.4, 0.5) is 0 Å². The Labute approximate surface area is 244 Å². The van der Waals surface area contributed by atoms with Crippen molar-refractivity contribution in [2.24, 2.45) is 5.92 Å². The Balaban J connectivity index is 1.46. The number of rotatable bonds is 7. The van der Waals surface area contributed by atoms with Crippen LogP contribution < -0.4 is 10.9 Å². The van der Waals surface area contributed by atoms with Crippen LogP contribution in [0.15, 0.2) is 109 Å². The molecule has 0 spiro atoms. The summed E-state index contributed by atoms with van der Waals surface area (Å²) in [6.07, 6.45) is 0.409. The number of nitrogens with one attached hydrogen (secondary N) is 3. The van der Waals surface area contributed by atoms with Gasteiger partial charge in [0.1, 0.15) is 6.04 Å². The highest BCUT2D eigenvalue weighted by atomic mass is 16.2. The maximum absolute atomic E-state index is 14.2. The molecule has 2 atom stereocenters. The van der Waals surface area contributed by atoms with Crippen molar-refractivity contribution in [2.75, 3.05) is 0 Å². The first-order chi connectivity index (χ1) is 20.4. The maximum atomic E-state index is 14.2. The molecule has 4 aromatic carbocycles. The van der Waals surface area contributed by atoms with Gasteiger partial charge < -0.3 is 9.88 Å². The summed E-state index contributed by atoms with van der Waals surface area (Å²) in [6.45, 7) is 4.04. The van der Waals surface area contributed by atoms with Crippen molar-refractivity contribution < 1.29 is 14.4 Å². The van der Waals surface area contributed by atoms with Gasteiger partial charge in [0.05, 0.1) is 11.7 Å². The molecule has 0 saturated heterocycles. The molecule has 0 fully saturated rings. The SMILES string of the molecule is CC(C)CC(C(=O)NNC(=O)c1ccccc1)N1C(=O)c2ccccc2C1c1c(-c2ccccc2)[nH]c2ccccc12. The standard InChI is InChI=1S/C35H32N4O3/c1-22(2)21-29(34(41)38-37-33(40)24-15-7-4-8-16-24)39-32(25-17-9-10-18-26(25)35(39)42)30-27-19-11-12-20-28(27)36-31(30)23-13-5-3-6-14-23/h3-20,22,29,32,36H,21H2,1-2H3,(H,37,40)(H,38,41). The summed E-state index contributed by atoms with van der Waals surface area (Å²) in [6, 6.07) is 32.9. The molecule has 1 aliphatic rings. The summed E-state index contributed by atoms with van der Waals surface area (Å²) in [5.74, 6) is -0.988. The van der Waals surface area contributed by atoms with Gasteiger partial charge >= 0.3 is 0 Å². The van der Waals surface area contributed by atoms with Crippen molar-refractivity contribution in [1.82, 2.24) is 20.7 Å². The van der Waals surface area contributed by atoms with Crippen LogP contribution in [0.2, 0.25) is 0 Å². The van der Waals surface area contributed by atoms with E-state index < -0.39 is 23.9 Å². The molecule has 1 aliphatic heterocycles. The van der Waals surface area contributed by atoms with Gasteiger partial charge in [0.25, 0.3) is 17.7 Å².